The number of carbonyl (C=O) groups excluding carboxylic acids is 2. The average molecular weight is 428 g/mol. The number of nitrogens with one attached hydrogen (secondary N) is 1. The minimum Gasteiger partial charge on any atom is -0.495 e. The monoisotopic (exact) mass is 427 g/mol. The first-order valence-corrected chi connectivity index (χ1v) is 10.8. The minimum atomic E-state index is -0.591. The van der Waals surface area contributed by atoms with Gasteiger partial charge in [-0.25, -0.2) is 4.98 Å². The first kappa shape index (κ1) is 20.7. The van der Waals surface area contributed by atoms with Gasteiger partial charge in [0.15, 0.2) is 0 Å². The van der Waals surface area contributed by atoms with E-state index >= 15 is 0 Å². The number of carbonyl (C=O) groups is 2. The van der Waals surface area contributed by atoms with Crippen molar-refractivity contribution in [3.8, 4) is 5.75 Å². The Bertz CT molecular complexity index is 926. The zero-order valence-electron chi connectivity index (χ0n) is 17.1. The summed E-state index contributed by atoms with van der Waals surface area (Å²) in [5.41, 5.74) is 0.368. The molecule has 158 valence electrons. The molecule has 2 aliphatic rings. The van der Waals surface area contributed by atoms with Gasteiger partial charge in [-0.3, -0.25) is 9.59 Å². The Morgan fingerprint density at radius 1 is 1.20 bits per heavy atom. The van der Waals surface area contributed by atoms with Gasteiger partial charge in [0.2, 0.25) is 11.8 Å². The molecular weight excluding hydrogens is 402 g/mol. The van der Waals surface area contributed by atoms with Gasteiger partial charge < -0.3 is 15.0 Å². The zero-order valence-corrected chi connectivity index (χ0v) is 17.8. The highest BCUT2D eigenvalue weighted by atomic mass is 35.5. The maximum absolute atomic E-state index is 13.8. The smallest absolute Gasteiger partial charge is 0.248 e. The summed E-state index contributed by atoms with van der Waals surface area (Å²) >= 11 is 6.24. The molecule has 0 radical (unpaired) electrons. The number of aromatic nitrogens is 1. The van der Waals surface area contributed by atoms with Crippen LogP contribution in [0.2, 0.25) is 5.02 Å². The van der Waals surface area contributed by atoms with Crippen LogP contribution in [-0.2, 0) is 15.0 Å². The van der Waals surface area contributed by atoms with Gasteiger partial charge in [0, 0.05) is 11.6 Å². The Morgan fingerprint density at radius 3 is 2.67 bits per heavy atom. The molecule has 0 unspecified atom stereocenters. The second-order valence-corrected chi connectivity index (χ2v) is 8.47. The molecule has 2 heterocycles. The molecule has 1 aromatic heterocycles. The van der Waals surface area contributed by atoms with Crippen LogP contribution in [0, 0.1) is 0 Å². The lowest BCUT2D eigenvalue weighted by Crippen LogP contribution is -2.51. The topological polar surface area (TPSA) is 71.5 Å². The predicted molar refractivity (Wildman–Crippen MR) is 116 cm³/mol. The molecule has 1 N–H and O–H groups in total. The van der Waals surface area contributed by atoms with E-state index in [0.717, 1.165) is 37.7 Å². The molecule has 1 atom stereocenters. The normalized spacial score (nSPS) is 20.2. The number of hydrogen-bond donors (Lipinski definition) is 1. The number of halogens is 1. The summed E-state index contributed by atoms with van der Waals surface area (Å²) in [6.45, 7) is 0.593. The quantitative estimate of drug-likeness (QED) is 0.776. The summed E-state index contributed by atoms with van der Waals surface area (Å²) in [7, 11) is 1.57. The van der Waals surface area contributed by atoms with Crippen LogP contribution in [0.25, 0.3) is 0 Å². The number of nitrogens with zero attached hydrogens (tertiary/aromatic N) is 2. The number of ether oxygens (including phenoxy) is 1. The highest BCUT2D eigenvalue weighted by Gasteiger charge is 2.48. The summed E-state index contributed by atoms with van der Waals surface area (Å²) in [4.78, 5) is 32.8. The van der Waals surface area contributed by atoms with Crippen LogP contribution < -0.4 is 10.1 Å². The maximum atomic E-state index is 13.8. The van der Waals surface area contributed by atoms with Crippen LogP contribution in [0.4, 0.5) is 5.82 Å². The lowest BCUT2D eigenvalue weighted by atomic mass is 9.77. The van der Waals surface area contributed by atoms with Crippen molar-refractivity contribution in [1.82, 2.24) is 9.88 Å². The SMILES string of the molecule is COc1ccc(NC(=O)[C@H]2CCCN2C(=O)C2(c3cccc(Cl)c3)CCCC2)nc1. The maximum Gasteiger partial charge on any atom is 0.248 e. The fraction of sp³-hybridized carbons (Fsp3) is 0.435. The summed E-state index contributed by atoms with van der Waals surface area (Å²) in [5, 5.41) is 3.48. The van der Waals surface area contributed by atoms with Crippen LogP contribution >= 0.6 is 11.6 Å². The first-order chi connectivity index (χ1) is 14.5. The van der Waals surface area contributed by atoms with Crippen molar-refractivity contribution >= 4 is 29.2 Å². The number of likely N-dealkylation sites (tertiary alicyclic amines) is 1. The average Bonchev–Trinajstić information content (AvgIpc) is 3.44. The highest BCUT2D eigenvalue weighted by molar-refractivity contribution is 6.30. The Hall–Kier alpha value is -2.60. The molecule has 2 amide bonds. The van der Waals surface area contributed by atoms with E-state index in [-0.39, 0.29) is 11.8 Å². The van der Waals surface area contributed by atoms with Gasteiger partial charge in [-0.1, -0.05) is 36.6 Å². The van der Waals surface area contributed by atoms with Gasteiger partial charge in [0.25, 0.3) is 0 Å². The van der Waals surface area contributed by atoms with Gasteiger partial charge in [0.1, 0.15) is 17.6 Å². The third-order valence-electron chi connectivity index (χ3n) is 6.28. The predicted octanol–water partition coefficient (Wildman–Crippen LogP) is 4.19. The first-order valence-electron chi connectivity index (χ1n) is 10.4. The van der Waals surface area contributed by atoms with Crippen LogP contribution in [0.3, 0.4) is 0 Å². The van der Waals surface area contributed by atoms with E-state index in [1.807, 2.05) is 24.3 Å². The Morgan fingerprint density at radius 2 is 2.00 bits per heavy atom. The minimum absolute atomic E-state index is 0.0441. The zero-order chi connectivity index (χ0) is 21.1. The lowest BCUT2D eigenvalue weighted by Gasteiger charge is -2.35. The van der Waals surface area contributed by atoms with Crippen LogP contribution in [0.1, 0.15) is 44.1 Å². The fourth-order valence-electron chi connectivity index (χ4n) is 4.73. The molecule has 1 aromatic carbocycles. The second kappa shape index (κ2) is 8.64. The number of rotatable bonds is 5. The van der Waals surface area contributed by atoms with E-state index < -0.39 is 11.5 Å². The highest BCUT2D eigenvalue weighted by Crippen LogP contribution is 2.44. The van der Waals surface area contributed by atoms with Gasteiger partial charge in [-0.05, 0) is 55.5 Å². The lowest BCUT2D eigenvalue weighted by molar-refractivity contribution is -0.141. The standard InChI is InChI=1S/C23H26ClN3O3/c1-30-18-9-10-20(25-15-18)26-21(28)19-8-5-13-27(19)22(29)23(11-2-3-12-23)16-6-4-7-17(24)14-16/h4,6-7,9-10,14-15,19H,2-3,5,8,11-13H2,1H3,(H,25,26,28)/t19-/m1/s1. The van der Waals surface area contributed by atoms with E-state index in [1.165, 1.54) is 0 Å². The fourth-order valence-corrected chi connectivity index (χ4v) is 4.92. The van der Waals surface area contributed by atoms with E-state index in [2.05, 4.69) is 10.3 Å². The van der Waals surface area contributed by atoms with Crippen molar-refractivity contribution in [3.05, 3.63) is 53.2 Å². The molecule has 4 rings (SSSR count). The van der Waals surface area contributed by atoms with Crippen LogP contribution in [-0.4, -0.2) is 41.4 Å². The molecular formula is C23H26ClN3O3. The van der Waals surface area contributed by atoms with Gasteiger partial charge in [-0.15, -0.1) is 0 Å². The Kier molecular flexibility index (Phi) is 5.95. The van der Waals surface area contributed by atoms with Crippen molar-refractivity contribution in [2.24, 2.45) is 0 Å². The molecule has 7 heteroatoms. The van der Waals surface area contributed by atoms with E-state index in [1.54, 1.807) is 30.3 Å². The molecule has 0 bridgehead atoms. The summed E-state index contributed by atoms with van der Waals surface area (Å²) in [5.74, 6) is 0.918. The molecule has 1 aliphatic carbocycles. The molecule has 6 nitrogen and oxygen atoms in total. The Labute approximate surface area is 181 Å². The number of amides is 2. The van der Waals surface area contributed by atoms with Crippen molar-refractivity contribution in [2.45, 2.75) is 50.0 Å². The number of methoxy groups -OCH3 is 1. The van der Waals surface area contributed by atoms with Gasteiger partial charge in [-0.2, -0.15) is 0 Å². The van der Waals surface area contributed by atoms with Crippen molar-refractivity contribution in [1.29, 1.82) is 0 Å². The largest absolute Gasteiger partial charge is 0.495 e. The van der Waals surface area contributed by atoms with Crippen molar-refractivity contribution in [2.75, 3.05) is 19.0 Å². The number of pyridine rings is 1. The van der Waals surface area contributed by atoms with Gasteiger partial charge in [0.05, 0.1) is 18.7 Å². The molecule has 1 saturated carbocycles. The van der Waals surface area contributed by atoms with E-state index in [4.69, 9.17) is 16.3 Å². The third kappa shape index (κ3) is 3.88. The third-order valence-corrected chi connectivity index (χ3v) is 6.52. The Balaban J connectivity index is 1.55. The number of benzene rings is 1. The molecule has 1 saturated heterocycles. The number of hydrogen-bond acceptors (Lipinski definition) is 4. The summed E-state index contributed by atoms with van der Waals surface area (Å²) < 4.78 is 5.10. The molecule has 2 aromatic rings. The van der Waals surface area contributed by atoms with Crippen molar-refractivity contribution < 1.29 is 14.3 Å². The summed E-state index contributed by atoms with van der Waals surface area (Å²) in [6, 6.07) is 10.6. The summed E-state index contributed by atoms with van der Waals surface area (Å²) in [6.07, 6.45) is 6.59. The molecule has 1 aliphatic heterocycles. The van der Waals surface area contributed by atoms with Crippen LogP contribution in [0.15, 0.2) is 42.6 Å². The van der Waals surface area contributed by atoms with E-state index in [9.17, 15) is 9.59 Å². The molecule has 2 fully saturated rings. The number of anilines is 1. The molecule has 30 heavy (non-hydrogen) atoms. The van der Waals surface area contributed by atoms with Crippen molar-refractivity contribution in [3.63, 3.8) is 0 Å². The van der Waals surface area contributed by atoms with E-state index in [0.29, 0.717) is 29.6 Å². The van der Waals surface area contributed by atoms with Gasteiger partial charge >= 0.3 is 0 Å². The van der Waals surface area contributed by atoms with Crippen LogP contribution in [0.5, 0.6) is 5.75 Å². The molecule has 0 spiro atoms. The second-order valence-electron chi connectivity index (χ2n) is 8.03.